The molecule has 98 valence electrons. The SMILES string of the molecule is COCC(C)NC(N)=NCc1ncc(C)s1.I. The molecule has 0 saturated carbocycles. The molecule has 1 aromatic rings. The fraction of sp³-hybridized carbons (Fsp3) is 0.600. The Morgan fingerprint density at radius 1 is 1.71 bits per heavy atom. The van der Waals surface area contributed by atoms with Crippen molar-refractivity contribution in [3.05, 3.63) is 16.1 Å². The van der Waals surface area contributed by atoms with Gasteiger partial charge < -0.3 is 15.8 Å². The highest BCUT2D eigenvalue weighted by Gasteiger charge is 2.02. The summed E-state index contributed by atoms with van der Waals surface area (Å²) in [5, 5.41) is 4.01. The Bertz CT molecular complexity index is 356. The number of halogens is 1. The zero-order chi connectivity index (χ0) is 12.0. The van der Waals surface area contributed by atoms with Gasteiger partial charge in [0.25, 0.3) is 0 Å². The third kappa shape index (κ3) is 6.79. The van der Waals surface area contributed by atoms with Crippen molar-refractivity contribution in [3.63, 3.8) is 0 Å². The first kappa shape index (κ1) is 16.6. The Balaban J connectivity index is 0.00000256. The molecule has 0 saturated heterocycles. The Morgan fingerprint density at radius 3 is 2.94 bits per heavy atom. The van der Waals surface area contributed by atoms with Gasteiger partial charge in [0.05, 0.1) is 13.2 Å². The lowest BCUT2D eigenvalue weighted by molar-refractivity contribution is 0.179. The summed E-state index contributed by atoms with van der Waals surface area (Å²) in [6.07, 6.45) is 1.84. The molecule has 0 fully saturated rings. The Kier molecular flexibility index (Phi) is 8.44. The maximum atomic E-state index is 5.72. The Labute approximate surface area is 123 Å². The van der Waals surface area contributed by atoms with Gasteiger partial charge in [0.1, 0.15) is 5.01 Å². The summed E-state index contributed by atoms with van der Waals surface area (Å²) in [7, 11) is 1.66. The van der Waals surface area contributed by atoms with E-state index in [2.05, 4.69) is 15.3 Å². The minimum Gasteiger partial charge on any atom is -0.383 e. The number of aromatic nitrogens is 1. The van der Waals surface area contributed by atoms with Gasteiger partial charge in [-0.1, -0.05) is 0 Å². The molecule has 1 unspecified atom stereocenters. The van der Waals surface area contributed by atoms with Crippen LogP contribution in [0.25, 0.3) is 0 Å². The molecule has 0 aliphatic heterocycles. The number of rotatable bonds is 5. The zero-order valence-corrected chi connectivity index (χ0v) is 13.4. The van der Waals surface area contributed by atoms with E-state index < -0.39 is 0 Å². The van der Waals surface area contributed by atoms with Gasteiger partial charge >= 0.3 is 0 Å². The van der Waals surface area contributed by atoms with Gasteiger partial charge in [-0.05, 0) is 13.8 Å². The van der Waals surface area contributed by atoms with Crippen molar-refractivity contribution in [1.82, 2.24) is 10.3 Å². The number of methoxy groups -OCH3 is 1. The molecule has 5 nitrogen and oxygen atoms in total. The number of guanidine groups is 1. The molecular weight excluding hydrogens is 351 g/mol. The van der Waals surface area contributed by atoms with Gasteiger partial charge in [-0.25, -0.2) is 9.98 Å². The van der Waals surface area contributed by atoms with Crippen LogP contribution in [0.2, 0.25) is 0 Å². The van der Waals surface area contributed by atoms with E-state index >= 15 is 0 Å². The summed E-state index contributed by atoms with van der Waals surface area (Å²) in [6.45, 7) is 5.14. The monoisotopic (exact) mass is 370 g/mol. The Hall–Kier alpha value is -0.410. The second kappa shape index (κ2) is 8.65. The maximum absolute atomic E-state index is 5.72. The van der Waals surface area contributed by atoms with Crippen LogP contribution < -0.4 is 11.1 Å². The summed E-state index contributed by atoms with van der Waals surface area (Å²) in [5.74, 6) is 0.428. The van der Waals surface area contributed by atoms with Crippen molar-refractivity contribution >= 4 is 41.3 Å². The normalized spacial score (nSPS) is 13.0. The average molecular weight is 370 g/mol. The number of nitrogens with one attached hydrogen (secondary N) is 1. The van der Waals surface area contributed by atoms with E-state index in [1.54, 1.807) is 18.4 Å². The van der Waals surface area contributed by atoms with Crippen LogP contribution in [-0.2, 0) is 11.3 Å². The molecule has 3 N–H and O–H groups in total. The van der Waals surface area contributed by atoms with Gasteiger partial charge in [-0.2, -0.15) is 0 Å². The molecule has 17 heavy (non-hydrogen) atoms. The number of hydrogen-bond donors (Lipinski definition) is 2. The number of thiazole rings is 1. The van der Waals surface area contributed by atoms with Crippen LogP contribution in [-0.4, -0.2) is 30.7 Å². The third-order valence-electron chi connectivity index (χ3n) is 1.86. The first-order valence-corrected chi connectivity index (χ1v) is 5.90. The highest BCUT2D eigenvalue weighted by molar-refractivity contribution is 14.0. The molecular formula is C10H19IN4OS. The minimum absolute atomic E-state index is 0. The molecule has 0 amide bonds. The summed E-state index contributed by atoms with van der Waals surface area (Å²) in [4.78, 5) is 9.60. The lowest BCUT2D eigenvalue weighted by atomic mass is 10.4. The summed E-state index contributed by atoms with van der Waals surface area (Å²) in [6, 6.07) is 0.159. The predicted octanol–water partition coefficient (Wildman–Crippen LogP) is 1.51. The van der Waals surface area contributed by atoms with E-state index in [1.165, 1.54) is 4.88 Å². The van der Waals surface area contributed by atoms with Crippen LogP contribution >= 0.6 is 35.3 Å². The molecule has 0 aliphatic carbocycles. The lowest BCUT2D eigenvalue weighted by Crippen LogP contribution is -2.40. The second-order valence-corrected chi connectivity index (χ2v) is 4.89. The van der Waals surface area contributed by atoms with Crippen LogP contribution in [0.3, 0.4) is 0 Å². The molecule has 0 radical (unpaired) electrons. The number of nitrogens with zero attached hydrogens (tertiary/aromatic N) is 2. The van der Waals surface area contributed by atoms with Gasteiger partial charge in [-0.15, -0.1) is 35.3 Å². The second-order valence-electron chi connectivity index (χ2n) is 3.57. The molecule has 1 atom stereocenters. The molecule has 1 aromatic heterocycles. The van der Waals surface area contributed by atoms with Crippen molar-refractivity contribution in [2.24, 2.45) is 10.7 Å². The van der Waals surface area contributed by atoms with Crippen molar-refractivity contribution in [3.8, 4) is 0 Å². The molecule has 0 aliphatic rings. The fourth-order valence-corrected chi connectivity index (χ4v) is 1.93. The number of aryl methyl sites for hydroxylation is 1. The van der Waals surface area contributed by atoms with Crippen LogP contribution in [0.4, 0.5) is 0 Å². The molecule has 0 aromatic carbocycles. The van der Waals surface area contributed by atoms with Crippen molar-refractivity contribution < 1.29 is 4.74 Å². The summed E-state index contributed by atoms with van der Waals surface area (Å²) >= 11 is 1.63. The van der Waals surface area contributed by atoms with Gasteiger partial charge in [-0.3, -0.25) is 0 Å². The lowest BCUT2D eigenvalue weighted by Gasteiger charge is -2.12. The van der Waals surface area contributed by atoms with Crippen molar-refractivity contribution in [2.45, 2.75) is 26.4 Å². The number of ether oxygens (including phenoxy) is 1. The quantitative estimate of drug-likeness (QED) is 0.468. The summed E-state index contributed by atoms with van der Waals surface area (Å²) in [5.41, 5.74) is 5.72. The molecule has 0 bridgehead atoms. The third-order valence-corrected chi connectivity index (χ3v) is 2.76. The van der Waals surface area contributed by atoms with E-state index in [1.807, 2.05) is 20.0 Å². The minimum atomic E-state index is 0. The number of aliphatic imine (C=N–C) groups is 1. The van der Waals surface area contributed by atoms with E-state index in [4.69, 9.17) is 10.5 Å². The topological polar surface area (TPSA) is 72.5 Å². The van der Waals surface area contributed by atoms with E-state index in [9.17, 15) is 0 Å². The van der Waals surface area contributed by atoms with Crippen molar-refractivity contribution in [2.75, 3.05) is 13.7 Å². The maximum Gasteiger partial charge on any atom is 0.189 e. The molecule has 1 heterocycles. The highest BCUT2D eigenvalue weighted by Crippen LogP contribution is 2.11. The fourth-order valence-electron chi connectivity index (χ4n) is 1.22. The van der Waals surface area contributed by atoms with Gasteiger partial charge in [0.2, 0.25) is 0 Å². The van der Waals surface area contributed by atoms with Crippen LogP contribution in [0.5, 0.6) is 0 Å². The highest BCUT2D eigenvalue weighted by atomic mass is 127. The van der Waals surface area contributed by atoms with Gasteiger partial charge in [0.15, 0.2) is 5.96 Å². The van der Waals surface area contributed by atoms with E-state index in [0.29, 0.717) is 19.1 Å². The van der Waals surface area contributed by atoms with Gasteiger partial charge in [0, 0.05) is 24.2 Å². The van der Waals surface area contributed by atoms with Crippen LogP contribution in [0, 0.1) is 6.92 Å². The molecule has 7 heteroatoms. The van der Waals surface area contributed by atoms with Crippen LogP contribution in [0.15, 0.2) is 11.2 Å². The average Bonchev–Trinajstić information content (AvgIpc) is 2.61. The number of hydrogen-bond acceptors (Lipinski definition) is 4. The standard InChI is InChI=1S/C10H18N4OS.HI/c1-7(6-15-3)14-10(11)13-5-9-12-4-8(2)16-9;/h4,7H,5-6H2,1-3H3,(H3,11,13,14);1H. The Morgan fingerprint density at radius 2 is 2.41 bits per heavy atom. The largest absolute Gasteiger partial charge is 0.383 e. The van der Waals surface area contributed by atoms with Crippen LogP contribution in [0.1, 0.15) is 16.8 Å². The number of nitrogens with two attached hydrogens (primary N) is 1. The predicted molar refractivity (Wildman–Crippen MR) is 82.1 cm³/mol. The molecule has 0 spiro atoms. The smallest absolute Gasteiger partial charge is 0.189 e. The first-order valence-electron chi connectivity index (χ1n) is 5.08. The van der Waals surface area contributed by atoms with E-state index in [0.717, 1.165) is 5.01 Å². The zero-order valence-electron chi connectivity index (χ0n) is 10.3. The summed E-state index contributed by atoms with van der Waals surface area (Å²) < 4.78 is 4.99. The van der Waals surface area contributed by atoms with Crippen molar-refractivity contribution in [1.29, 1.82) is 0 Å². The first-order chi connectivity index (χ1) is 7.61. The molecule has 1 rings (SSSR count). The van der Waals surface area contributed by atoms with E-state index in [-0.39, 0.29) is 30.0 Å².